The van der Waals surface area contributed by atoms with Crippen molar-refractivity contribution in [3.05, 3.63) is 39.6 Å². The molecule has 2 rings (SSSR count). The van der Waals surface area contributed by atoms with E-state index >= 15 is 0 Å². The van der Waals surface area contributed by atoms with E-state index in [1.807, 2.05) is 0 Å². The third-order valence-electron chi connectivity index (χ3n) is 3.16. The molecule has 0 amide bonds. The summed E-state index contributed by atoms with van der Waals surface area (Å²) in [5, 5.41) is 9.76. The highest BCUT2D eigenvalue weighted by Crippen LogP contribution is 2.17. The molecule has 0 saturated carbocycles. The second-order valence-electron chi connectivity index (χ2n) is 4.38. The van der Waals surface area contributed by atoms with Crippen molar-refractivity contribution in [1.82, 2.24) is 14.1 Å². The first kappa shape index (κ1) is 13.9. The number of ether oxygens (including phenoxy) is 1. The quantitative estimate of drug-likeness (QED) is 0.816. The Balaban J connectivity index is 2.62. The molecule has 0 bridgehead atoms. The second-order valence-corrected chi connectivity index (χ2v) is 4.38. The summed E-state index contributed by atoms with van der Waals surface area (Å²) in [6.45, 7) is 3.26. The van der Waals surface area contributed by atoms with Crippen molar-refractivity contribution in [2.24, 2.45) is 7.05 Å². The van der Waals surface area contributed by atoms with E-state index in [4.69, 9.17) is 0 Å². The van der Waals surface area contributed by atoms with Crippen LogP contribution in [-0.2, 0) is 11.8 Å². The normalized spacial score (nSPS) is 10.6. The highest BCUT2D eigenvalue weighted by atomic mass is 16.5. The topological polar surface area (TPSA) is 86.4 Å². The van der Waals surface area contributed by atoms with Crippen LogP contribution < -0.4 is 5.69 Å². The summed E-state index contributed by atoms with van der Waals surface area (Å²) in [6, 6.07) is 3.08. The average molecular weight is 277 g/mol. The molecule has 0 atom stereocenters. The van der Waals surface area contributed by atoms with Crippen molar-refractivity contribution in [3.63, 3.8) is 0 Å². The summed E-state index contributed by atoms with van der Waals surface area (Å²) >= 11 is 0. The molecule has 2 aromatic heterocycles. The number of carbonyl (C=O) groups is 1. The van der Waals surface area contributed by atoms with E-state index in [0.29, 0.717) is 22.8 Å². The number of aromatic hydroxyl groups is 1. The number of aromatic nitrogens is 3. The van der Waals surface area contributed by atoms with E-state index in [1.54, 1.807) is 19.9 Å². The number of hydrogen-bond donors (Lipinski definition) is 1. The number of carbonyl (C=O) groups excluding carboxylic acids is 1. The molecular formula is C13H15N3O4. The zero-order chi connectivity index (χ0) is 15.0. The fourth-order valence-corrected chi connectivity index (χ4v) is 1.99. The number of aryl methyl sites for hydroxylation is 1. The monoisotopic (exact) mass is 277 g/mol. The summed E-state index contributed by atoms with van der Waals surface area (Å²) in [5.41, 5.74) is 0.763. The van der Waals surface area contributed by atoms with Gasteiger partial charge in [-0.2, -0.15) is 0 Å². The number of methoxy groups -OCH3 is 1. The van der Waals surface area contributed by atoms with Crippen molar-refractivity contribution < 1.29 is 14.6 Å². The van der Waals surface area contributed by atoms with Gasteiger partial charge in [-0.15, -0.1) is 0 Å². The Kier molecular flexibility index (Phi) is 3.35. The van der Waals surface area contributed by atoms with Crippen molar-refractivity contribution in [1.29, 1.82) is 0 Å². The molecule has 7 nitrogen and oxygen atoms in total. The van der Waals surface area contributed by atoms with Gasteiger partial charge in [-0.05, 0) is 26.0 Å². The fourth-order valence-electron chi connectivity index (χ4n) is 1.99. The van der Waals surface area contributed by atoms with Gasteiger partial charge in [0.25, 0.3) is 0 Å². The molecule has 0 aromatic carbocycles. The molecule has 0 aliphatic rings. The van der Waals surface area contributed by atoms with E-state index in [-0.39, 0.29) is 5.88 Å². The SMILES string of the molecule is COC(=O)c1ccc(-n2c(C)c(O)n(C)c2=O)nc1C. The minimum Gasteiger partial charge on any atom is -0.493 e. The molecule has 0 fully saturated rings. The van der Waals surface area contributed by atoms with Crippen LogP contribution in [0.2, 0.25) is 0 Å². The Bertz CT molecular complexity index is 743. The van der Waals surface area contributed by atoms with Crippen LogP contribution in [0, 0.1) is 13.8 Å². The van der Waals surface area contributed by atoms with E-state index < -0.39 is 11.7 Å². The number of esters is 1. The second kappa shape index (κ2) is 4.84. The van der Waals surface area contributed by atoms with Crippen molar-refractivity contribution in [2.45, 2.75) is 13.8 Å². The number of rotatable bonds is 2. The molecule has 1 N–H and O–H groups in total. The zero-order valence-electron chi connectivity index (χ0n) is 11.7. The van der Waals surface area contributed by atoms with Crippen LogP contribution in [-0.4, -0.2) is 32.3 Å². The van der Waals surface area contributed by atoms with Gasteiger partial charge in [-0.1, -0.05) is 0 Å². The predicted octanol–water partition coefficient (Wildman–Crippen LogP) is 0.680. The fraction of sp³-hybridized carbons (Fsp3) is 0.308. The van der Waals surface area contributed by atoms with Gasteiger partial charge < -0.3 is 9.84 Å². The highest BCUT2D eigenvalue weighted by molar-refractivity contribution is 5.90. The average Bonchev–Trinajstić information content (AvgIpc) is 2.62. The Morgan fingerprint density at radius 1 is 1.35 bits per heavy atom. The molecular weight excluding hydrogens is 262 g/mol. The third-order valence-corrected chi connectivity index (χ3v) is 3.16. The summed E-state index contributed by atoms with van der Waals surface area (Å²) < 4.78 is 7.05. The van der Waals surface area contributed by atoms with Crippen LogP contribution in [0.4, 0.5) is 0 Å². The van der Waals surface area contributed by atoms with Crippen LogP contribution in [0.3, 0.4) is 0 Å². The van der Waals surface area contributed by atoms with Crippen molar-refractivity contribution >= 4 is 5.97 Å². The molecule has 106 valence electrons. The summed E-state index contributed by atoms with van der Waals surface area (Å²) in [6.07, 6.45) is 0. The Morgan fingerprint density at radius 3 is 2.45 bits per heavy atom. The van der Waals surface area contributed by atoms with Gasteiger partial charge in [0.15, 0.2) is 0 Å². The number of imidazole rings is 1. The predicted molar refractivity (Wildman–Crippen MR) is 71.3 cm³/mol. The largest absolute Gasteiger partial charge is 0.493 e. The lowest BCUT2D eigenvalue weighted by atomic mass is 10.2. The lowest BCUT2D eigenvalue weighted by molar-refractivity contribution is 0.0599. The number of pyridine rings is 1. The van der Waals surface area contributed by atoms with E-state index in [9.17, 15) is 14.7 Å². The van der Waals surface area contributed by atoms with Crippen molar-refractivity contribution in [3.8, 4) is 11.7 Å². The molecule has 0 saturated heterocycles. The highest BCUT2D eigenvalue weighted by Gasteiger charge is 2.17. The van der Waals surface area contributed by atoms with Gasteiger partial charge >= 0.3 is 11.7 Å². The lowest BCUT2D eigenvalue weighted by Gasteiger charge is -2.07. The molecule has 7 heteroatoms. The van der Waals surface area contributed by atoms with Gasteiger partial charge in [0, 0.05) is 7.05 Å². The molecule has 0 radical (unpaired) electrons. The van der Waals surface area contributed by atoms with Crippen LogP contribution >= 0.6 is 0 Å². The zero-order valence-corrected chi connectivity index (χ0v) is 11.7. The van der Waals surface area contributed by atoms with Gasteiger partial charge in [0.2, 0.25) is 5.88 Å². The molecule has 0 aliphatic carbocycles. The standard InChI is InChI=1S/C13H15N3O4/c1-7-9(12(18)20-4)5-6-10(14-7)16-8(2)11(17)15(3)13(16)19/h5-6,17H,1-4H3. The molecule has 2 aromatic rings. The smallest absolute Gasteiger partial charge is 0.339 e. The van der Waals surface area contributed by atoms with Gasteiger partial charge in [-0.25, -0.2) is 19.1 Å². The number of nitrogens with zero attached hydrogens (tertiary/aromatic N) is 3. The Morgan fingerprint density at radius 2 is 2.00 bits per heavy atom. The molecule has 2 heterocycles. The molecule has 0 aliphatic heterocycles. The first-order chi connectivity index (χ1) is 9.38. The summed E-state index contributed by atoms with van der Waals surface area (Å²) in [4.78, 5) is 27.8. The molecule has 0 spiro atoms. The van der Waals surface area contributed by atoms with Crippen molar-refractivity contribution in [2.75, 3.05) is 7.11 Å². The van der Waals surface area contributed by atoms with Crippen LogP contribution in [0.15, 0.2) is 16.9 Å². The number of hydrogen-bond acceptors (Lipinski definition) is 5. The summed E-state index contributed by atoms with van der Waals surface area (Å²) in [5.74, 6) is -0.262. The Hall–Kier alpha value is -2.57. The first-order valence-corrected chi connectivity index (χ1v) is 5.92. The van der Waals surface area contributed by atoms with E-state index in [2.05, 4.69) is 9.72 Å². The van der Waals surface area contributed by atoms with Gasteiger partial charge in [0.1, 0.15) is 5.82 Å². The Labute approximate surface area is 115 Å². The summed E-state index contributed by atoms with van der Waals surface area (Å²) in [7, 11) is 2.76. The minimum absolute atomic E-state index is 0.119. The third kappa shape index (κ3) is 1.97. The van der Waals surface area contributed by atoms with E-state index in [1.165, 1.54) is 24.8 Å². The van der Waals surface area contributed by atoms with Gasteiger partial charge in [0.05, 0.1) is 24.1 Å². The maximum atomic E-state index is 12.0. The minimum atomic E-state index is -0.485. The van der Waals surface area contributed by atoms with Crippen LogP contribution in [0.5, 0.6) is 5.88 Å². The maximum absolute atomic E-state index is 12.0. The molecule has 0 unspecified atom stereocenters. The van der Waals surface area contributed by atoms with E-state index in [0.717, 1.165) is 4.57 Å². The first-order valence-electron chi connectivity index (χ1n) is 5.92. The molecule has 20 heavy (non-hydrogen) atoms. The lowest BCUT2D eigenvalue weighted by Crippen LogP contribution is -2.22. The van der Waals surface area contributed by atoms with Gasteiger partial charge in [-0.3, -0.25) is 4.57 Å². The van der Waals surface area contributed by atoms with Crippen LogP contribution in [0.1, 0.15) is 21.7 Å². The van der Waals surface area contributed by atoms with Crippen LogP contribution in [0.25, 0.3) is 5.82 Å². The maximum Gasteiger partial charge on any atom is 0.339 e.